The predicted octanol–water partition coefficient (Wildman–Crippen LogP) is 1.98. The number of rotatable bonds is 6. The van der Waals surface area contributed by atoms with Crippen molar-refractivity contribution in [2.24, 2.45) is 0 Å². The fourth-order valence-corrected chi connectivity index (χ4v) is 4.08. The summed E-state index contributed by atoms with van der Waals surface area (Å²) < 4.78 is 24.5. The van der Waals surface area contributed by atoms with E-state index in [4.69, 9.17) is 9.47 Å². The maximum absolute atomic E-state index is 14.0. The molecule has 1 aromatic heterocycles. The summed E-state index contributed by atoms with van der Waals surface area (Å²) in [4.78, 5) is 33.7. The quantitative estimate of drug-likeness (QED) is 0.416. The number of methoxy groups -OCH3 is 1. The van der Waals surface area contributed by atoms with E-state index in [9.17, 15) is 19.1 Å². The minimum absolute atomic E-state index is 0.00701. The summed E-state index contributed by atoms with van der Waals surface area (Å²) in [7, 11) is 1.38. The molecule has 2 fully saturated rings. The molecule has 0 bridgehead atoms. The number of ketones is 1. The number of likely N-dealkylation sites (tertiary alicyclic amines) is 1. The lowest BCUT2D eigenvalue weighted by molar-refractivity contribution is -0.140. The maximum Gasteiger partial charge on any atom is 0.295 e. The number of morpholine rings is 1. The number of hydrogen-bond donors (Lipinski definition) is 1. The van der Waals surface area contributed by atoms with E-state index < -0.39 is 29.3 Å². The van der Waals surface area contributed by atoms with Crippen molar-refractivity contribution >= 4 is 17.4 Å². The Balaban J connectivity index is 1.76. The Morgan fingerprint density at radius 2 is 2.03 bits per heavy atom. The van der Waals surface area contributed by atoms with Crippen molar-refractivity contribution in [1.29, 1.82) is 0 Å². The summed E-state index contributed by atoms with van der Waals surface area (Å²) in [6, 6.07) is 6.21. The number of hydrogen-bond acceptors (Lipinski definition) is 7. The van der Waals surface area contributed by atoms with Gasteiger partial charge >= 0.3 is 0 Å². The summed E-state index contributed by atoms with van der Waals surface area (Å²) in [5.41, 5.74) is 0.465. The number of nitrogens with zero attached hydrogens (tertiary/aromatic N) is 3. The third-order valence-corrected chi connectivity index (χ3v) is 5.72. The summed E-state index contributed by atoms with van der Waals surface area (Å²) in [5.74, 6) is -2.45. The lowest BCUT2D eigenvalue weighted by Crippen LogP contribution is -2.42. The van der Waals surface area contributed by atoms with Crippen molar-refractivity contribution in [3.8, 4) is 5.75 Å². The zero-order chi connectivity index (χ0) is 22.7. The minimum Gasteiger partial charge on any atom is -0.507 e. The van der Waals surface area contributed by atoms with Crippen LogP contribution in [0.4, 0.5) is 4.39 Å². The van der Waals surface area contributed by atoms with Crippen molar-refractivity contribution in [3.05, 3.63) is 65.2 Å². The smallest absolute Gasteiger partial charge is 0.295 e. The van der Waals surface area contributed by atoms with Gasteiger partial charge in [0.15, 0.2) is 0 Å². The Hall–Kier alpha value is -3.30. The second-order valence-electron chi connectivity index (χ2n) is 7.58. The van der Waals surface area contributed by atoms with Crippen LogP contribution in [0.5, 0.6) is 5.75 Å². The molecule has 1 N–H and O–H groups in total. The van der Waals surface area contributed by atoms with E-state index in [1.165, 1.54) is 24.1 Å². The predicted molar refractivity (Wildman–Crippen MR) is 113 cm³/mol. The van der Waals surface area contributed by atoms with Crippen molar-refractivity contribution in [2.75, 3.05) is 46.5 Å². The number of aliphatic hydroxyl groups is 1. The van der Waals surface area contributed by atoms with Crippen LogP contribution in [0.3, 0.4) is 0 Å². The summed E-state index contributed by atoms with van der Waals surface area (Å²) in [6.45, 7) is 3.54. The Morgan fingerprint density at radius 3 is 2.72 bits per heavy atom. The number of carbonyl (C=O) groups excluding carboxylic acids is 2. The number of pyridine rings is 1. The molecule has 4 rings (SSSR count). The maximum atomic E-state index is 14.0. The second kappa shape index (κ2) is 9.46. The highest BCUT2D eigenvalue weighted by Crippen LogP contribution is 2.40. The zero-order valence-electron chi connectivity index (χ0n) is 17.7. The van der Waals surface area contributed by atoms with Crippen LogP contribution >= 0.6 is 0 Å². The van der Waals surface area contributed by atoms with E-state index in [0.29, 0.717) is 25.3 Å². The number of carbonyl (C=O) groups is 2. The van der Waals surface area contributed by atoms with Gasteiger partial charge in [0.25, 0.3) is 11.7 Å². The van der Waals surface area contributed by atoms with E-state index in [0.717, 1.165) is 19.2 Å². The normalized spacial score (nSPS) is 21.2. The standard InChI is InChI=1S/C23H24FN3O5/c1-31-18-5-4-16(24)13-17(18)21(28)19-20(15-3-2-6-25-14-15)27(23(30)22(19)29)8-7-26-9-11-32-12-10-26/h2-6,13-14,20,28H,7-12H2,1H3/t20-/m1/s1. The molecule has 0 spiro atoms. The van der Waals surface area contributed by atoms with Crippen molar-refractivity contribution < 1.29 is 28.6 Å². The molecule has 8 nitrogen and oxygen atoms in total. The fraction of sp³-hybridized carbons (Fsp3) is 0.348. The number of aliphatic hydroxyl groups excluding tert-OH is 1. The molecule has 0 saturated carbocycles. The van der Waals surface area contributed by atoms with Gasteiger partial charge in [-0.05, 0) is 29.8 Å². The molecule has 0 unspecified atom stereocenters. The average molecular weight is 441 g/mol. The molecule has 2 saturated heterocycles. The Kier molecular flexibility index (Phi) is 6.48. The Bertz CT molecular complexity index is 1040. The molecule has 0 aliphatic carbocycles. The van der Waals surface area contributed by atoms with E-state index in [2.05, 4.69) is 9.88 Å². The molecule has 1 atom stereocenters. The largest absolute Gasteiger partial charge is 0.507 e. The first-order valence-corrected chi connectivity index (χ1v) is 10.3. The first kappa shape index (κ1) is 21.9. The zero-order valence-corrected chi connectivity index (χ0v) is 17.7. The lowest BCUT2D eigenvalue weighted by Gasteiger charge is -2.30. The number of halogens is 1. The first-order valence-electron chi connectivity index (χ1n) is 10.3. The molecule has 9 heteroatoms. The van der Waals surface area contributed by atoms with E-state index in [1.807, 2.05) is 0 Å². The van der Waals surface area contributed by atoms with Gasteiger partial charge in [-0.25, -0.2) is 4.39 Å². The van der Waals surface area contributed by atoms with Gasteiger partial charge < -0.3 is 19.5 Å². The lowest BCUT2D eigenvalue weighted by atomic mass is 9.96. The van der Waals surface area contributed by atoms with E-state index in [1.54, 1.807) is 24.5 Å². The van der Waals surface area contributed by atoms with Gasteiger partial charge in [-0.3, -0.25) is 19.5 Å². The molecule has 0 radical (unpaired) electrons. The Labute approximate surface area is 184 Å². The van der Waals surface area contributed by atoms with E-state index >= 15 is 0 Å². The van der Waals surface area contributed by atoms with Crippen LogP contribution in [-0.4, -0.2) is 78.1 Å². The molecular formula is C23H24FN3O5. The van der Waals surface area contributed by atoms with Crippen LogP contribution in [-0.2, 0) is 14.3 Å². The van der Waals surface area contributed by atoms with Crippen molar-refractivity contribution in [3.63, 3.8) is 0 Å². The highest BCUT2D eigenvalue weighted by atomic mass is 19.1. The van der Waals surface area contributed by atoms with Gasteiger partial charge in [0, 0.05) is 38.6 Å². The highest BCUT2D eigenvalue weighted by molar-refractivity contribution is 6.46. The third kappa shape index (κ3) is 4.21. The molecule has 32 heavy (non-hydrogen) atoms. The molecule has 2 aromatic rings. The average Bonchev–Trinajstić information content (AvgIpc) is 3.08. The van der Waals surface area contributed by atoms with Crippen LogP contribution in [0.2, 0.25) is 0 Å². The SMILES string of the molecule is COc1ccc(F)cc1C(O)=C1C(=O)C(=O)N(CCN2CCOCC2)[C@@H]1c1cccnc1. The van der Waals surface area contributed by atoms with Crippen LogP contribution < -0.4 is 4.74 Å². The monoisotopic (exact) mass is 441 g/mol. The van der Waals surface area contributed by atoms with Gasteiger partial charge in [0.05, 0.1) is 37.5 Å². The van der Waals surface area contributed by atoms with Crippen LogP contribution in [0.15, 0.2) is 48.3 Å². The van der Waals surface area contributed by atoms with Crippen molar-refractivity contribution in [1.82, 2.24) is 14.8 Å². The third-order valence-electron chi connectivity index (χ3n) is 5.72. The van der Waals surface area contributed by atoms with E-state index in [-0.39, 0.29) is 23.4 Å². The summed E-state index contributed by atoms with van der Waals surface area (Å²) >= 11 is 0. The molecule has 2 aliphatic heterocycles. The number of aromatic nitrogens is 1. The molecule has 3 heterocycles. The van der Waals surface area contributed by atoms with Crippen LogP contribution in [0.25, 0.3) is 5.76 Å². The second-order valence-corrected chi connectivity index (χ2v) is 7.58. The van der Waals surface area contributed by atoms with Gasteiger partial charge in [-0.2, -0.15) is 0 Å². The number of amides is 1. The van der Waals surface area contributed by atoms with Gasteiger partial charge in [0.1, 0.15) is 17.3 Å². The number of ether oxygens (including phenoxy) is 2. The first-order chi connectivity index (χ1) is 15.5. The van der Waals surface area contributed by atoms with Gasteiger partial charge in [-0.15, -0.1) is 0 Å². The van der Waals surface area contributed by atoms with Gasteiger partial charge in [-0.1, -0.05) is 6.07 Å². The molecule has 1 aromatic carbocycles. The number of Topliss-reactive ketones (excluding diaryl/α,β-unsaturated/α-hetero) is 1. The molecule has 1 amide bonds. The van der Waals surface area contributed by atoms with Crippen LogP contribution in [0.1, 0.15) is 17.2 Å². The molecule has 2 aliphatic rings. The Morgan fingerprint density at radius 1 is 1.25 bits per heavy atom. The summed E-state index contributed by atoms with van der Waals surface area (Å²) in [6.07, 6.45) is 3.13. The molecular weight excluding hydrogens is 417 g/mol. The number of benzene rings is 1. The van der Waals surface area contributed by atoms with Crippen molar-refractivity contribution in [2.45, 2.75) is 6.04 Å². The highest BCUT2D eigenvalue weighted by Gasteiger charge is 2.46. The molecule has 168 valence electrons. The fourth-order valence-electron chi connectivity index (χ4n) is 4.08. The van der Waals surface area contributed by atoms with Crippen LogP contribution in [0, 0.1) is 5.82 Å². The summed E-state index contributed by atoms with van der Waals surface area (Å²) in [5, 5.41) is 11.1. The minimum atomic E-state index is -0.849. The van der Waals surface area contributed by atoms with Gasteiger partial charge in [0.2, 0.25) is 0 Å². The topological polar surface area (TPSA) is 92.2 Å².